The van der Waals surface area contributed by atoms with Crippen molar-refractivity contribution >= 4 is 11.7 Å². The molecule has 0 radical (unpaired) electrons. The summed E-state index contributed by atoms with van der Waals surface area (Å²) in [5.74, 6) is 0.743. The highest BCUT2D eigenvalue weighted by atomic mass is 16.3. The summed E-state index contributed by atoms with van der Waals surface area (Å²) in [6, 6.07) is 11.9. The van der Waals surface area contributed by atoms with Crippen LogP contribution in [0.15, 0.2) is 36.4 Å². The van der Waals surface area contributed by atoms with Crippen LogP contribution in [0, 0.1) is 6.92 Å². The van der Waals surface area contributed by atoms with Crippen molar-refractivity contribution in [1.29, 1.82) is 0 Å². The van der Waals surface area contributed by atoms with Crippen molar-refractivity contribution in [3.05, 3.63) is 53.2 Å². The molecule has 1 aliphatic heterocycles. The second-order valence-electron chi connectivity index (χ2n) is 9.49. The number of aliphatic hydroxyl groups excluding tert-OH is 1. The Balaban J connectivity index is 1.44. The number of aromatic nitrogens is 2. The molecule has 29 heavy (non-hydrogen) atoms. The number of aryl methyl sites for hydroxylation is 1. The van der Waals surface area contributed by atoms with Crippen LogP contribution in [-0.2, 0) is 15.6 Å². The van der Waals surface area contributed by atoms with Gasteiger partial charge in [0.25, 0.3) is 0 Å². The molecule has 154 valence electrons. The first-order valence-electron chi connectivity index (χ1n) is 10.3. The molecule has 2 N–H and O–H groups in total. The van der Waals surface area contributed by atoms with Crippen molar-refractivity contribution in [2.24, 2.45) is 0 Å². The number of hydrogen-bond acceptors (Lipinski definition) is 5. The van der Waals surface area contributed by atoms with Crippen LogP contribution in [0.2, 0.25) is 0 Å². The molecule has 1 aromatic carbocycles. The monoisotopic (exact) mass is 394 g/mol. The fourth-order valence-corrected chi connectivity index (χ4v) is 4.04. The van der Waals surface area contributed by atoms with Crippen LogP contribution in [0.5, 0.6) is 0 Å². The number of hydrogen-bond donors (Lipinski definition) is 2. The maximum absolute atomic E-state index is 13.1. The van der Waals surface area contributed by atoms with E-state index in [9.17, 15) is 9.90 Å². The van der Waals surface area contributed by atoms with Gasteiger partial charge in [0.05, 0.1) is 23.3 Å². The van der Waals surface area contributed by atoms with Gasteiger partial charge in [-0.25, -0.2) is 0 Å². The van der Waals surface area contributed by atoms with Gasteiger partial charge in [-0.05, 0) is 48.4 Å². The number of carbonyl (C=O) groups excluding carboxylic acids is 1. The van der Waals surface area contributed by atoms with Crippen LogP contribution in [0.1, 0.15) is 50.4 Å². The third kappa shape index (κ3) is 3.86. The Bertz CT molecular complexity index is 883. The summed E-state index contributed by atoms with van der Waals surface area (Å²) in [7, 11) is 0. The smallest absolute Gasteiger partial charge is 0.231 e. The highest BCUT2D eigenvalue weighted by molar-refractivity contribution is 5.91. The van der Waals surface area contributed by atoms with E-state index in [4.69, 9.17) is 0 Å². The number of aliphatic hydroxyl groups is 1. The number of nitrogens with zero attached hydrogens (tertiary/aromatic N) is 3. The van der Waals surface area contributed by atoms with Crippen molar-refractivity contribution in [3.63, 3.8) is 0 Å². The quantitative estimate of drug-likeness (QED) is 0.833. The van der Waals surface area contributed by atoms with E-state index in [-0.39, 0.29) is 17.4 Å². The van der Waals surface area contributed by atoms with Gasteiger partial charge in [0, 0.05) is 13.1 Å². The van der Waals surface area contributed by atoms with Crippen LogP contribution >= 0.6 is 0 Å². The van der Waals surface area contributed by atoms with E-state index < -0.39 is 11.5 Å². The molecule has 1 saturated heterocycles. The highest BCUT2D eigenvalue weighted by Gasteiger charge is 2.52. The SMILES string of the molecule is Cc1ccc(N2C[C@@H](O)[C@H](NC(=O)C3(c4ccc(C(C)(C)C)cc4)CC3)C2)nn1. The summed E-state index contributed by atoms with van der Waals surface area (Å²) in [5, 5.41) is 21.9. The minimum Gasteiger partial charge on any atom is -0.389 e. The molecule has 1 aliphatic carbocycles. The van der Waals surface area contributed by atoms with Gasteiger partial charge in [-0.1, -0.05) is 45.0 Å². The number of nitrogens with one attached hydrogen (secondary N) is 1. The first-order valence-corrected chi connectivity index (χ1v) is 10.3. The molecule has 2 heterocycles. The van der Waals surface area contributed by atoms with Crippen LogP contribution in [0.25, 0.3) is 0 Å². The van der Waals surface area contributed by atoms with Crippen molar-refractivity contribution in [2.75, 3.05) is 18.0 Å². The molecule has 0 unspecified atom stereocenters. The van der Waals surface area contributed by atoms with Gasteiger partial charge in [-0.15, -0.1) is 5.10 Å². The topological polar surface area (TPSA) is 78.4 Å². The number of benzene rings is 1. The zero-order chi connectivity index (χ0) is 20.8. The average Bonchev–Trinajstić information content (AvgIpc) is 3.42. The lowest BCUT2D eigenvalue weighted by Crippen LogP contribution is -2.47. The van der Waals surface area contributed by atoms with Crippen molar-refractivity contribution in [2.45, 2.75) is 63.5 Å². The van der Waals surface area contributed by atoms with E-state index in [1.807, 2.05) is 24.0 Å². The van der Waals surface area contributed by atoms with Crippen LogP contribution in [-0.4, -0.2) is 46.4 Å². The standard InChI is InChI=1S/C23H30N4O2/c1-15-5-10-20(26-25-15)27-13-18(19(28)14-27)24-21(29)23(11-12-23)17-8-6-16(7-9-17)22(2,3)4/h5-10,18-19,28H,11-14H2,1-4H3,(H,24,29)/t18-,19-/m1/s1. The number of carbonyl (C=O) groups is 1. The summed E-state index contributed by atoms with van der Waals surface area (Å²) in [6.07, 6.45) is 1.08. The van der Waals surface area contributed by atoms with Gasteiger partial charge < -0.3 is 15.3 Å². The molecule has 2 atom stereocenters. The number of rotatable bonds is 4. The molecule has 1 saturated carbocycles. The first kappa shape index (κ1) is 19.8. The normalized spacial score (nSPS) is 23.1. The Kier molecular flexibility index (Phi) is 4.85. The van der Waals surface area contributed by atoms with E-state index in [0.29, 0.717) is 13.1 Å². The van der Waals surface area contributed by atoms with Crippen molar-refractivity contribution in [3.8, 4) is 0 Å². The molecule has 2 aromatic rings. The number of β-amino-alcohol motifs (C(OH)–C–C–N with tert-alkyl or cyclic N) is 1. The average molecular weight is 395 g/mol. The predicted octanol–water partition coefficient (Wildman–Crippen LogP) is 2.48. The maximum atomic E-state index is 13.1. The minimum absolute atomic E-state index is 0.0156. The van der Waals surface area contributed by atoms with E-state index in [1.165, 1.54) is 5.56 Å². The molecule has 0 bridgehead atoms. The third-order valence-corrected chi connectivity index (χ3v) is 6.20. The number of anilines is 1. The van der Waals surface area contributed by atoms with Gasteiger partial charge in [-0.3, -0.25) is 4.79 Å². The first-order chi connectivity index (χ1) is 13.7. The van der Waals surface area contributed by atoms with E-state index in [0.717, 1.165) is 29.9 Å². The fourth-order valence-electron chi connectivity index (χ4n) is 4.04. The second-order valence-corrected chi connectivity index (χ2v) is 9.49. The molecule has 4 rings (SSSR count). The minimum atomic E-state index is -0.624. The zero-order valence-electron chi connectivity index (χ0n) is 17.6. The van der Waals surface area contributed by atoms with E-state index >= 15 is 0 Å². The summed E-state index contributed by atoms with van der Waals surface area (Å²) in [6.45, 7) is 9.43. The lowest BCUT2D eigenvalue weighted by Gasteiger charge is -2.23. The summed E-state index contributed by atoms with van der Waals surface area (Å²) < 4.78 is 0. The second kappa shape index (κ2) is 7.10. The summed E-state index contributed by atoms with van der Waals surface area (Å²) >= 11 is 0. The van der Waals surface area contributed by atoms with Gasteiger partial charge in [-0.2, -0.15) is 5.10 Å². The molecule has 2 aliphatic rings. The van der Waals surface area contributed by atoms with Gasteiger partial charge in [0.2, 0.25) is 5.91 Å². The van der Waals surface area contributed by atoms with E-state index in [1.54, 1.807) is 0 Å². The molecule has 6 nitrogen and oxygen atoms in total. The van der Waals surface area contributed by atoms with Gasteiger partial charge in [0.15, 0.2) is 5.82 Å². The lowest BCUT2D eigenvalue weighted by atomic mass is 9.85. The predicted molar refractivity (Wildman–Crippen MR) is 113 cm³/mol. The van der Waals surface area contributed by atoms with Crippen LogP contribution < -0.4 is 10.2 Å². The van der Waals surface area contributed by atoms with Gasteiger partial charge in [0.1, 0.15) is 0 Å². The molecular weight excluding hydrogens is 364 g/mol. The highest BCUT2D eigenvalue weighted by Crippen LogP contribution is 2.48. The molecule has 2 fully saturated rings. The Morgan fingerprint density at radius 2 is 1.79 bits per heavy atom. The van der Waals surface area contributed by atoms with Crippen molar-refractivity contribution < 1.29 is 9.90 Å². The Morgan fingerprint density at radius 3 is 2.34 bits per heavy atom. The van der Waals surface area contributed by atoms with Crippen LogP contribution in [0.4, 0.5) is 5.82 Å². The lowest BCUT2D eigenvalue weighted by molar-refractivity contribution is -0.124. The summed E-state index contributed by atoms with van der Waals surface area (Å²) in [5.41, 5.74) is 2.82. The summed E-state index contributed by atoms with van der Waals surface area (Å²) in [4.78, 5) is 15.1. The van der Waals surface area contributed by atoms with E-state index in [2.05, 4.69) is 60.6 Å². The number of amides is 1. The Morgan fingerprint density at radius 1 is 1.10 bits per heavy atom. The molecule has 0 spiro atoms. The van der Waals surface area contributed by atoms with Crippen LogP contribution in [0.3, 0.4) is 0 Å². The fraction of sp³-hybridized carbons (Fsp3) is 0.522. The molecule has 1 amide bonds. The Hall–Kier alpha value is -2.47. The molecule has 1 aromatic heterocycles. The molecular formula is C23H30N4O2. The Labute approximate surface area is 172 Å². The molecule has 6 heteroatoms. The third-order valence-electron chi connectivity index (χ3n) is 6.20. The maximum Gasteiger partial charge on any atom is 0.231 e. The van der Waals surface area contributed by atoms with Gasteiger partial charge >= 0.3 is 0 Å². The largest absolute Gasteiger partial charge is 0.389 e. The van der Waals surface area contributed by atoms with Crippen molar-refractivity contribution in [1.82, 2.24) is 15.5 Å². The zero-order valence-corrected chi connectivity index (χ0v) is 17.6.